The fourth-order valence-electron chi connectivity index (χ4n) is 1.43. The van der Waals surface area contributed by atoms with Crippen LogP contribution in [-0.4, -0.2) is 31.8 Å². The zero-order valence-corrected chi connectivity index (χ0v) is 13.1. The van der Waals surface area contributed by atoms with Gasteiger partial charge >= 0.3 is 11.9 Å². The molecule has 1 aromatic heterocycles. The lowest BCUT2D eigenvalue weighted by molar-refractivity contribution is -0.146. The molecule has 0 fully saturated rings. The van der Waals surface area contributed by atoms with Gasteiger partial charge in [-0.15, -0.1) is 11.3 Å². The van der Waals surface area contributed by atoms with Crippen molar-refractivity contribution in [2.45, 2.75) is 20.8 Å². The molecule has 0 unspecified atom stereocenters. The van der Waals surface area contributed by atoms with Gasteiger partial charge in [0.25, 0.3) is 0 Å². The molecule has 0 bridgehead atoms. The molecule has 0 saturated carbocycles. The van der Waals surface area contributed by atoms with Crippen LogP contribution in [0.3, 0.4) is 0 Å². The quantitative estimate of drug-likeness (QED) is 0.344. The fourth-order valence-corrected chi connectivity index (χ4v) is 2.13. The normalized spacial score (nSPS) is 9.67. The molecular formula is C14H19NO5S. The number of rotatable bonds is 8. The van der Waals surface area contributed by atoms with Crippen molar-refractivity contribution in [3.63, 3.8) is 0 Å². The van der Waals surface area contributed by atoms with Crippen LogP contribution in [0.15, 0.2) is 22.5 Å². The molecule has 0 aliphatic rings. The van der Waals surface area contributed by atoms with Crippen LogP contribution in [0, 0.1) is 0 Å². The number of carbonyl (C=O) groups is 2. The Hall–Kier alpha value is -2.02. The first-order valence-corrected chi connectivity index (χ1v) is 7.58. The molecule has 6 nitrogen and oxygen atoms in total. The zero-order valence-electron chi connectivity index (χ0n) is 12.3. The van der Waals surface area contributed by atoms with Crippen molar-refractivity contribution in [2.75, 3.05) is 25.1 Å². The lowest BCUT2D eigenvalue weighted by Crippen LogP contribution is -2.19. The Morgan fingerprint density at radius 3 is 2.24 bits per heavy atom. The van der Waals surface area contributed by atoms with Crippen LogP contribution in [-0.2, 0) is 19.1 Å². The van der Waals surface area contributed by atoms with Crippen molar-refractivity contribution in [3.05, 3.63) is 22.5 Å². The number of nitrogens with one attached hydrogen (secondary N) is 1. The summed E-state index contributed by atoms with van der Waals surface area (Å²) in [6.45, 7) is 6.09. The first kappa shape index (κ1) is 17.0. The molecule has 0 aliphatic heterocycles. The lowest BCUT2D eigenvalue weighted by Gasteiger charge is -2.08. The standard InChI is InChI=1S/C14H19NO5S/c1-4-18-12-9-21-8-11(12)15-7-10(13(16)19-5-2)14(17)20-6-3/h7-9,15H,4-6H2,1-3H3. The maximum Gasteiger partial charge on any atom is 0.347 e. The van der Waals surface area contributed by atoms with Gasteiger partial charge in [-0.3, -0.25) is 0 Å². The lowest BCUT2D eigenvalue weighted by atomic mass is 10.3. The van der Waals surface area contributed by atoms with Gasteiger partial charge in [0.1, 0.15) is 0 Å². The molecular weight excluding hydrogens is 294 g/mol. The van der Waals surface area contributed by atoms with E-state index in [1.54, 1.807) is 13.8 Å². The first-order valence-electron chi connectivity index (χ1n) is 6.63. The Kier molecular flexibility index (Phi) is 7.31. The van der Waals surface area contributed by atoms with Crippen molar-refractivity contribution < 1.29 is 23.8 Å². The maximum absolute atomic E-state index is 11.8. The van der Waals surface area contributed by atoms with Crippen LogP contribution in [0.1, 0.15) is 20.8 Å². The molecule has 116 valence electrons. The Morgan fingerprint density at radius 2 is 1.71 bits per heavy atom. The number of carbonyl (C=O) groups excluding carboxylic acids is 2. The predicted molar refractivity (Wildman–Crippen MR) is 80.5 cm³/mol. The number of hydrogen-bond donors (Lipinski definition) is 1. The second kappa shape index (κ2) is 9.02. The molecule has 0 aliphatic carbocycles. The molecule has 21 heavy (non-hydrogen) atoms. The van der Waals surface area contributed by atoms with E-state index in [2.05, 4.69) is 5.32 Å². The summed E-state index contributed by atoms with van der Waals surface area (Å²) in [5, 5.41) is 6.52. The summed E-state index contributed by atoms with van der Waals surface area (Å²) in [6.07, 6.45) is 1.28. The predicted octanol–water partition coefficient (Wildman–Crippen LogP) is 2.57. The van der Waals surface area contributed by atoms with E-state index in [-0.39, 0.29) is 18.8 Å². The average Bonchev–Trinajstić information content (AvgIpc) is 2.87. The van der Waals surface area contributed by atoms with E-state index in [9.17, 15) is 9.59 Å². The van der Waals surface area contributed by atoms with Gasteiger partial charge in [0, 0.05) is 17.0 Å². The van der Waals surface area contributed by atoms with Crippen molar-refractivity contribution in [1.29, 1.82) is 0 Å². The molecule has 0 atom stereocenters. The molecule has 1 heterocycles. The molecule has 0 radical (unpaired) electrons. The smallest absolute Gasteiger partial charge is 0.347 e. The summed E-state index contributed by atoms with van der Waals surface area (Å²) < 4.78 is 15.1. The Labute approximate surface area is 127 Å². The molecule has 0 spiro atoms. The number of thiophene rings is 1. The third kappa shape index (κ3) is 5.11. The largest absolute Gasteiger partial charge is 0.491 e. The first-order chi connectivity index (χ1) is 10.1. The fraction of sp³-hybridized carbons (Fsp3) is 0.429. The summed E-state index contributed by atoms with van der Waals surface area (Å²) >= 11 is 1.45. The molecule has 0 aromatic carbocycles. The van der Waals surface area contributed by atoms with Gasteiger partial charge in [0.2, 0.25) is 0 Å². The van der Waals surface area contributed by atoms with E-state index < -0.39 is 11.9 Å². The summed E-state index contributed by atoms with van der Waals surface area (Å²) in [7, 11) is 0. The number of ether oxygens (including phenoxy) is 3. The minimum atomic E-state index is -0.725. The average molecular weight is 313 g/mol. The summed E-state index contributed by atoms with van der Waals surface area (Å²) in [6, 6.07) is 0. The highest BCUT2D eigenvalue weighted by atomic mass is 32.1. The van der Waals surface area contributed by atoms with Crippen LogP contribution in [0.4, 0.5) is 5.69 Å². The van der Waals surface area contributed by atoms with E-state index in [4.69, 9.17) is 14.2 Å². The van der Waals surface area contributed by atoms with Crippen molar-refractivity contribution in [3.8, 4) is 5.75 Å². The van der Waals surface area contributed by atoms with Gasteiger partial charge < -0.3 is 19.5 Å². The van der Waals surface area contributed by atoms with Gasteiger partial charge in [-0.2, -0.15) is 0 Å². The van der Waals surface area contributed by atoms with Gasteiger partial charge in [-0.05, 0) is 20.8 Å². The number of hydrogen-bond acceptors (Lipinski definition) is 7. The van der Waals surface area contributed by atoms with E-state index in [0.29, 0.717) is 18.0 Å². The Balaban J connectivity index is 2.89. The molecule has 1 aromatic rings. The van der Waals surface area contributed by atoms with Crippen LogP contribution in [0.25, 0.3) is 0 Å². The zero-order chi connectivity index (χ0) is 15.7. The van der Waals surface area contributed by atoms with Crippen LogP contribution in [0.5, 0.6) is 5.75 Å². The van der Waals surface area contributed by atoms with Crippen LogP contribution in [0.2, 0.25) is 0 Å². The van der Waals surface area contributed by atoms with E-state index in [0.717, 1.165) is 0 Å². The SMILES string of the molecule is CCOC(=O)C(=CNc1cscc1OCC)C(=O)OCC. The Bertz CT molecular complexity index is 489. The van der Waals surface area contributed by atoms with Gasteiger partial charge in [0.15, 0.2) is 11.3 Å². The van der Waals surface area contributed by atoms with Gasteiger partial charge in [-0.1, -0.05) is 0 Å². The van der Waals surface area contributed by atoms with E-state index in [1.165, 1.54) is 17.5 Å². The summed E-state index contributed by atoms with van der Waals surface area (Å²) in [5.74, 6) is -0.793. The summed E-state index contributed by atoms with van der Waals surface area (Å²) in [5.41, 5.74) is 0.486. The molecule has 7 heteroatoms. The highest BCUT2D eigenvalue weighted by Crippen LogP contribution is 2.29. The van der Waals surface area contributed by atoms with E-state index in [1.807, 2.05) is 17.7 Å². The minimum absolute atomic E-state index is 0.179. The molecule has 0 saturated heterocycles. The van der Waals surface area contributed by atoms with Gasteiger partial charge in [-0.25, -0.2) is 9.59 Å². The third-order valence-corrected chi connectivity index (χ3v) is 3.01. The van der Waals surface area contributed by atoms with Crippen molar-refractivity contribution >= 4 is 29.0 Å². The van der Waals surface area contributed by atoms with Crippen LogP contribution < -0.4 is 10.1 Å². The second-order valence-corrected chi connectivity index (χ2v) is 4.47. The highest BCUT2D eigenvalue weighted by Gasteiger charge is 2.21. The number of anilines is 1. The van der Waals surface area contributed by atoms with E-state index >= 15 is 0 Å². The topological polar surface area (TPSA) is 73.9 Å². The second-order valence-electron chi connectivity index (χ2n) is 3.73. The minimum Gasteiger partial charge on any atom is -0.491 e. The van der Waals surface area contributed by atoms with Gasteiger partial charge in [0.05, 0.1) is 25.5 Å². The molecule has 0 amide bonds. The third-order valence-electron chi connectivity index (χ3n) is 2.29. The molecule has 1 N–H and O–H groups in total. The maximum atomic E-state index is 11.8. The summed E-state index contributed by atoms with van der Waals surface area (Å²) in [4.78, 5) is 23.5. The number of esters is 2. The Morgan fingerprint density at radius 1 is 1.10 bits per heavy atom. The highest BCUT2D eigenvalue weighted by molar-refractivity contribution is 7.08. The molecule has 1 rings (SSSR count). The van der Waals surface area contributed by atoms with Crippen LogP contribution >= 0.6 is 11.3 Å². The van der Waals surface area contributed by atoms with Crippen molar-refractivity contribution in [1.82, 2.24) is 0 Å². The monoisotopic (exact) mass is 313 g/mol. The van der Waals surface area contributed by atoms with Crippen molar-refractivity contribution in [2.24, 2.45) is 0 Å².